The van der Waals surface area contributed by atoms with Crippen LogP contribution in [-0.2, 0) is 14.4 Å². The number of carbonyl (C=O) groups excluding carboxylic acids is 1. The first-order chi connectivity index (χ1) is 20.4. The predicted molar refractivity (Wildman–Crippen MR) is 171 cm³/mol. The Morgan fingerprint density at radius 1 is 0.762 bits per heavy atom. The number of hydrogen-bond acceptors (Lipinski definition) is 6. The third-order valence-electron chi connectivity index (χ3n) is 6.82. The van der Waals surface area contributed by atoms with Gasteiger partial charge < -0.3 is 14.5 Å². The number of oxime groups is 1. The lowest BCUT2D eigenvalue weighted by atomic mass is 9.89. The van der Waals surface area contributed by atoms with Crippen LogP contribution in [0.15, 0.2) is 149 Å². The monoisotopic (exact) mass is 570 g/mol. The molecule has 208 valence electrons. The van der Waals surface area contributed by atoms with E-state index in [0.717, 1.165) is 32.6 Å². The smallest absolute Gasteiger partial charge is 0.368 e. The molecule has 0 saturated heterocycles. The summed E-state index contributed by atoms with van der Waals surface area (Å²) in [5.74, 6) is 0.917. The molecule has 0 fully saturated rings. The second-order valence-corrected chi connectivity index (χ2v) is 12.0. The van der Waals surface area contributed by atoms with E-state index in [0.29, 0.717) is 22.6 Å². The van der Waals surface area contributed by atoms with Crippen molar-refractivity contribution in [2.45, 2.75) is 20.8 Å². The molecule has 0 saturated carbocycles. The normalized spacial score (nSPS) is 16.9. The molecular weight excluding hydrogens is 540 g/mol. The highest BCUT2D eigenvalue weighted by atomic mass is 32.1. The Labute approximate surface area is 250 Å². The van der Waals surface area contributed by atoms with Gasteiger partial charge in [-0.15, -0.1) is 11.3 Å². The lowest BCUT2D eigenvalue weighted by Crippen LogP contribution is -2.17. The molecule has 2 aliphatic rings. The van der Waals surface area contributed by atoms with E-state index in [4.69, 9.17) is 9.57 Å². The van der Waals surface area contributed by atoms with Gasteiger partial charge >= 0.3 is 5.97 Å². The molecule has 0 unspecified atom stereocenters. The van der Waals surface area contributed by atoms with E-state index in [9.17, 15) is 4.79 Å². The number of allylic oxidation sites excluding steroid dienone is 5. The Hall–Kier alpha value is -4.94. The molecule has 2 aliphatic heterocycles. The summed E-state index contributed by atoms with van der Waals surface area (Å²) in [6, 6.07) is 34.5. The molecule has 0 radical (unpaired) electrons. The molecule has 3 heterocycles. The van der Waals surface area contributed by atoms with Crippen LogP contribution in [0.4, 0.5) is 16.4 Å². The van der Waals surface area contributed by atoms with Crippen LogP contribution < -0.4 is 4.90 Å². The molecule has 0 amide bonds. The standard InChI is InChI=1S/C36H30N2O3S/c1-36(2,3)31-24-26(33-34(37-41-35(33)39)25-13-7-4-8-14-25)23-29(40-31)19-20-30-21-22-32(42-30)38(27-15-9-5-10-16-27)28-17-11-6-12-18-28/h4-24H,1-3H3. The average molecular weight is 571 g/mol. The van der Waals surface area contributed by atoms with E-state index in [2.05, 4.69) is 67.2 Å². The van der Waals surface area contributed by atoms with Gasteiger partial charge in [-0.05, 0) is 66.3 Å². The van der Waals surface area contributed by atoms with Gasteiger partial charge in [0.1, 0.15) is 22.2 Å². The number of para-hydroxylation sites is 2. The summed E-state index contributed by atoms with van der Waals surface area (Å²) in [5, 5.41) is 5.21. The van der Waals surface area contributed by atoms with Gasteiger partial charge in [-0.1, -0.05) is 92.7 Å². The van der Waals surface area contributed by atoms with E-state index in [1.165, 1.54) is 0 Å². The molecule has 0 N–H and O–H groups in total. The number of ether oxygens (including phenoxy) is 1. The number of nitrogens with zero attached hydrogens (tertiary/aromatic N) is 2. The van der Waals surface area contributed by atoms with Crippen molar-refractivity contribution >= 4 is 45.5 Å². The summed E-state index contributed by atoms with van der Waals surface area (Å²) >= 11 is 1.69. The number of hydrogen-bond donors (Lipinski definition) is 0. The van der Waals surface area contributed by atoms with Crippen molar-refractivity contribution in [3.05, 3.63) is 154 Å². The molecule has 6 heteroatoms. The van der Waals surface area contributed by atoms with Crippen molar-refractivity contribution in [3.8, 4) is 0 Å². The second kappa shape index (κ2) is 11.5. The maximum Gasteiger partial charge on any atom is 0.368 e. The minimum atomic E-state index is -0.473. The summed E-state index contributed by atoms with van der Waals surface area (Å²) in [4.78, 5) is 21.3. The fraction of sp³-hybridized carbons (Fsp3) is 0.111. The Morgan fingerprint density at radius 3 is 2.00 bits per heavy atom. The molecule has 4 aromatic rings. The highest BCUT2D eigenvalue weighted by molar-refractivity contribution is 7.17. The van der Waals surface area contributed by atoms with E-state index in [-0.39, 0.29) is 5.41 Å². The zero-order valence-electron chi connectivity index (χ0n) is 23.7. The molecule has 0 spiro atoms. The molecule has 5 nitrogen and oxygen atoms in total. The van der Waals surface area contributed by atoms with Crippen molar-refractivity contribution in [2.75, 3.05) is 4.90 Å². The Balaban J connectivity index is 1.35. The van der Waals surface area contributed by atoms with Gasteiger partial charge in [0.15, 0.2) is 0 Å². The van der Waals surface area contributed by atoms with Crippen molar-refractivity contribution in [1.82, 2.24) is 0 Å². The van der Waals surface area contributed by atoms with Crippen molar-refractivity contribution < 1.29 is 14.4 Å². The summed E-state index contributed by atoms with van der Waals surface area (Å²) < 4.78 is 6.33. The molecular formula is C36H30N2O3S. The first kappa shape index (κ1) is 27.2. The van der Waals surface area contributed by atoms with Gasteiger partial charge in [-0.25, -0.2) is 4.79 Å². The number of carbonyl (C=O) groups is 1. The van der Waals surface area contributed by atoms with Crippen LogP contribution in [0, 0.1) is 5.41 Å². The van der Waals surface area contributed by atoms with Crippen LogP contribution in [0.2, 0.25) is 0 Å². The fourth-order valence-electron chi connectivity index (χ4n) is 4.71. The maximum absolute atomic E-state index is 12.9. The summed E-state index contributed by atoms with van der Waals surface area (Å²) in [5.41, 5.74) is 4.38. The van der Waals surface area contributed by atoms with Crippen LogP contribution >= 0.6 is 11.3 Å². The summed E-state index contributed by atoms with van der Waals surface area (Å²) in [6.07, 6.45) is 7.78. The molecule has 6 rings (SSSR count). The quantitative estimate of drug-likeness (QED) is 0.171. The van der Waals surface area contributed by atoms with E-state index < -0.39 is 5.97 Å². The van der Waals surface area contributed by atoms with Crippen molar-refractivity contribution in [2.24, 2.45) is 10.6 Å². The van der Waals surface area contributed by atoms with Crippen LogP contribution in [0.3, 0.4) is 0 Å². The summed E-state index contributed by atoms with van der Waals surface area (Å²) in [6.45, 7) is 6.25. The van der Waals surface area contributed by atoms with Crippen LogP contribution in [-0.4, -0.2) is 11.7 Å². The number of anilines is 3. The van der Waals surface area contributed by atoms with Crippen LogP contribution in [0.5, 0.6) is 0 Å². The molecule has 0 bridgehead atoms. The third-order valence-corrected chi connectivity index (χ3v) is 7.86. The minimum Gasteiger partial charge on any atom is -0.461 e. The molecule has 1 aromatic heterocycles. The highest BCUT2D eigenvalue weighted by Crippen LogP contribution is 2.40. The van der Waals surface area contributed by atoms with Gasteiger partial charge in [0, 0.05) is 27.2 Å². The Kier molecular flexibility index (Phi) is 7.46. The van der Waals surface area contributed by atoms with Gasteiger partial charge in [-0.2, -0.15) is 0 Å². The fourth-order valence-corrected chi connectivity index (χ4v) is 5.67. The van der Waals surface area contributed by atoms with Gasteiger partial charge in [0.2, 0.25) is 0 Å². The zero-order chi connectivity index (χ0) is 29.1. The molecule has 0 aliphatic carbocycles. The topological polar surface area (TPSA) is 51.1 Å². The van der Waals surface area contributed by atoms with Gasteiger partial charge in [-0.3, -0.25) is 0 Å². The minimum absolute atomic E-state index is 0.284. The number of rotatable bonds is 6. The zero-order valence-corrected chi connectivity index (χ0v) is 24.5. The van der Waals surface area contributed by atoms with Gasteiger partial charge in [0.05, 0.1) is 5.57 Å². The molecule has 0 atom stereocenters. The van der Waals surface area contributed by atoms with Crippen LogP contribution in [0.25, 0.3) is 6.08 Å². The number of benzene rings is 3. The summed E-state index contributed by atoms with van der Waals surface area (Å²) in [7, 11) is 0. The lowest BCUT2D eigenvalue weighted by molar-refractivity contribution is -0.136. The highest BCUT2D eigenvalue weighted by Gasteiger charge is 2.32. The molecule has 42 heavy (non-hydrogen) atoms. The average Bonchev–Trinajstić information content (AvgIpc) is 3.64. The largest absolute Gasteiger partial charge is 0.461 e. The third kappa shape index (κ3) is 5.76. The van der Waals surface area contributed by atoms with E-state index in [1.54, 1.807) is 11.3 Å². The molecule has 3 aromatic carbocycles. The SMILES string of the molecule is CC(C)(C)C1=CC(=C2C(=O)ON=C2c2ccccc2)C=C(C=Cc2ccc(N(c3ccccc3)c3ccccc3)s2)O1. The Bertz CT molecular complexity index is 1720. The van der Waals surface area contributed by atoms with Crippen molar-refractivity contribution in [3.63, 3.8) is 0 Å². The second-order valence-electron chi connectivity index (χ2n) is 10.9. The van der Waals surface area contributed by atoms with Crippen molar-refractivity contribution in [1.29, 1.82) is 0 Å². The van der Waals surface area contributed by atoms with E-state index in [1.807, 2.05) is 91.0 Å². The first-order valence-electron chi connectivity index (χ1n) is 13.8. The first-order valence-corrected chi connectivity index (χ1v) is 14.6. The lowest BCUT2D eigenvalue weighted by Gasteiger charge is -2.27. The van der Waals surface area contributed by atoms with Crippen LogP contribution in [0.1, 0.15) is 31.2 Å². The van der Waals surface area contributed by atoms with Gasteiger partial charge in [0.25, 0.3) is 0 Å². The maximum atomic E-state index is 12.9. The van der Waals surface area contributed by atoms with E-state index >= 15 is 0 Å². The predicted octanol–water partition coefficient (Wildman–Crippen LogP) is 9.33. The Morgan fingerprint density at radius 2 is 1.38 bits per heavy atom. The number of thiophene rings is 1.